The van der Waals surface area contributed by atoms with Crippen LogP contribution in [0.4, 0.5) is 24.7 Å². The van der Waals surface area contributed by atoms with Gasteiger partial charge in [0, 0.05) is 19.3 Å². The van der Waals surface area contributed by atoms with Crippen molar-refractivity contribution in [1.82, 2.24) is 9.97 Å². The van der Waals surface area contributed by atoms with E-state index in [1.165, 1.54) is 13.3 Å². The Morgan fingerprint density at radius 2 is 1.88 bits per heavy atom. The van der Waals surface area contributed by atoms with Crippen molar-refractivity contribution in [3.05, 3.63) is 47.4 Å². The van der Waals surface area contributed by atoms with Gasteiger partial charge in [-0.3, -0.25) is 4.79 Å². The normalized spacial score (nSPS) is 15.0. The van der Waals surface area contributed by atoms with Gasteiger partial charge in [-0.05, 0) is 50.5 Å². The number of alkyl halides is 3. The van der Waals surface area contributed by atoms with E-state index in [1.54, 1.807) is 18.3 Å². The van der Waals surface area contributed by atoms with Gasteiger partial charge in [-0.15, -0.1) is 0 Å². The molecule has 0 radical (unpaired) electrons. The maximum absolute atomic E-state index is 12.7. The minimum atomic E-state index is -4.54. The first kappa shape index (κ1) is 18.2. The van der Waals surface area contributed by atoms with Crippen molar-refractivity contribution < 1.29 is 18.0 Å². The van der Waals surface area contributed by atoms with Crippen LogP contribution in [0.3, 0.4) is 0 Å². The largest absolute Gasteiger partial charge is 0.433 e. The Bertz CT molecular complexity index is 801. The molecule has 0 aromatic carbocycles. The van der Waals surface area contributed by atoms with Crippen LogP contribution in [0.1, 0.15) is 41.0 Å². The first-order chi connectivity index (χ1) is 12.4. The Balaban J connectivity index is 1.82. The highest BCUT2D eigenvalue weighted by Gasteiger charge is 2.33. The summed E-state index contributed by atoms with van der Waals surface area (Å²) < 4.78 is 38.2. The Morgan fingerprint density at radius 1 is 1.15 bits per heavy atom. The van der Waals surface area contributed by atoms with Crippen molar-refractivity contribution in [3.8, 4) is 0 Å². The second-order valence-corrected chi connectivity index (χ2v) is 6.20. The van der Waals surface area contributed by atoms with Gasteiger partial charge in [0.1, 0.15) is 5.69 Å². The SMILES string of the molecule is Cc1nc(C(F)(F)F)ccc1C(=O)Nc1cccnc1N1CCCCC1. The number of halogens is 3. The molecule has 1 N–H and O–H groups in total. The van der Waals surface area contributed by atoms with E-state index in [9.17, 15) is 18.0 Å². The Hall–Kier alpha value is -2.64. The number of nitrogens with one attached hydrogen (secondary N) is 1. The highest BCUT2D eigenvalue weighted by atomic mass is 19.4. The summed E-state index contributed by atoms with van der Waals surface area (Å²) in [5.41, 5.74) is -0.340. The third-order valence-electron chi connectivity index (χ3n) is 4.31. The number of piperidine rings is 1. The molecule has 1 aliphatic heterocycles. The van der Waals surface area contributed by atoms with E-state index in [-0.39, 0.29) is 11.3 Å². The number of carbonyl (C=O) groups excluding carboxylic acids is 1. The van der Waals surface area contributed by atoms with Crippen molar-refractivity contribution in [2.24, 2.45) is 0 Å². The van der Waals surface area contributed by atoms with Gasteiger partial charge in [-0.2, -0.15) is 13.2 Å². The molecule has 5 nitrogen and oxygen atoms in total. The fourth-order valence-electron chi connectivity index (χ4n) is 3.00. The highest BCUT2D eigenvalue weighted by molar-refractivity contribution is 6.06. The van der Waals surface area contributed by atoms with Crippen molar-refractivity contribution in [1.29, 1.82) is 0 Å². The zero-order valence-corrected chi connectivity index (χ0v) is 14.3. The quantitative estimate of drug-likeness (QED) is 0.893. The number of nitrogens with zero attached hydrogens (tertiary/aromatic N) is 3. The van der Waals surface area contributed by atoms with Crippen LogP contribution in [0.15, 0.2) is 30.5 Å². The van der Waals surface area contributed by atoms with Crippen LogP contribution in [0.5, 0.6) is 0 Å². The van der Waals surface area contributed by atoms with Gasteiger partial charge in [0.2, 0.25) is 0 Å². The average molecular weight is 364 g/mol. The lowest BCUT2D eigenvalue weighted by Gasteiger charge is -2.29. The maximum atomic E-state index is 12.7. The lowest BCUT2D eigenvalue weighted by molar-refractivity contribution is -0.141. The molecule has 0 aliphatic carbocycles. The van der Waals surface area contributed by atoms with E-state index in [0.717, 1.165) is 38.1 Å². The van der Waals surface area contributed by atoms with Crippen LogP contribution < -0.4 is 10.2 Å². The summed E-state index contributed by atoms with van der Waals surface area (Å²) in [5, 5.41) is 2.76. The van der Waals surface area contributed by atoms with Crippen molar-refractivity contribution in [2.75, 3.05) is 23.3 Å². The van der Waals surface area contributed by atoms with Crippen LogP contribution in [0, 0.1) is 6.92 Å². The molecular weight excluding hydrogens is 345 g/mol. The molecule has 1 fully saturated rings. The number of hydrogen-bond donors (Lipinski definition) is 1. The molecule has 8 heteroatoms. The van der Waals surface area contributed by atoms with Gasteiger partial charge in [-0.25, -0.2) is 9.97 Å². The number of hydrogen-bond acceptors (Lipinski definition) is 4. The molecule has 0 saturated carbocycles. The summed E-state index contributed by atoms with van der Waals surface area (Å²) in [6.07, 6.45) is 0.411. The second kappa shape index (κ2) is 7.31. The third kappa shape index (κ3) is 3.95. The zero-order valence-electron chi connectivity index (χ0n) is 14.3. The molecule has 3 heterocycles. The molecule has 26 heavy (non-hydrogen) atoms. The standard InChI is InChI=1S/C18H19F3N4O/c1-12-13(7-8-15(23-12)18(19,20)21)17(26)24-14-6-5-9-22-16(14)25-10-3-2-4-11-25/h5-9H,2-4,10-11H2,1H3,(H,24,26). The summed E-state index contributed by atoms with van der Waals surface area (Å²) in [6.45, 7) is 3.11. The van der Waals surface area contributed by atoms with Gasteiger partial charge in [0.05, 0.1) is 16.9 Å². The smallest absolute Gasteiger partial charge is 0.355 e. The fourth-order valence-corrected chi connectivity index (χ4v) is 3.00. The summed E-state index contributed by atoms with van der Waals surface area (Å²) in [7, 11) is 0. The van der Waals surface area contributed by atoms with Crippen LogP contribution in [-0.4, -0.2) is 29.0 Å². The van der Waals surface area contributed by atoms with Crippen LogP contribution >= 0.6 is 0 Å². The number of carbonyl (C=O) groups is 1. The van der Waals surface area contributed by atoms with Gasteiger partial charge in [0.25, 0.3) is 5.91 Å². The van der Waals surface area contributed by atoms with Crippen molar-refractivity contribution >= 4 is 17.4 Å². The number of amides is 1. The van der Waals surface area contributed by atoms with Gasteiger partial charge < -0.3 is 10.2 Å². The van der Waals surface area contributed by atoms with Gasteiger partial charge in [-0.1, -0.05) is 0 Å². The van der Waals surface area contributed by atoms with E-state index < -0.39 is 17.8 Å². The molecule has 1 amide bonds. The predicted molar refractivity (Wildman–Crippen MR) is 92.2 cm³/mol. The lowest BCUT2D eigenvalue weighted by Crippen LogP contribution is -2.31. The highest BCUT2D eigenvalue weighted by Crippen LogP contribution is 2.29. The van der Waals surface area contributed by atoms with E-state index in [0.29, 0.717) is 11.5 Å². The number of rotatable bonds is 3. The van der Waals surface area contributed by atoms with Crippen LogP contribution in [-0.2, 0) is 6.18 Å². The maximum Gasteiger partial charge on any atom is 0.433 e. The van der Waals surface area contributed by atoms with Crippen molar-refractivity contribution in [2.45, 2.75) is 32.4 Å². The first-order valence-electron chi connectivity index (χ1n) is 8.42. The van der Waals surface area contributed by atoms with E-state index in [4.69, 9.17) is 0 Å². The molecule has 0 atom stereocenters. The number of aromatic nitrogens is 2. The van der Waals surface area contributed by atoms with Crippen LogP contribution in [0.25, 0.3) is 0 Å². The predicted octanol–water partition coefficient (Wildman–Crippen LogP) is 4.05. The Labute approximate surface area is 149 Å². The molecule has 1 aliphatic rings. The molecule has 138 valence electrons. The van der Waals surface area contributed by atoms with Gasteiger partial charge in [0.15, 0.2) is 5.82 Å². The average Bonchev–Trinajstić information content (AvgIpc) is 2.62. The number of pyridine rings is 2. The molecule has 0 spiro atoms. The third-order valence-corrected chi connectivity index (χ3v) is 4.31. The van der Waals surface area contributed by atoms with Gasteiger partial charge >= 0.3 is 6.18 Å². The number of aryl methyl sites for hydroxylation is 1. The molecule has 3 rings (SSSR count). The monoisotopic (exact) mass is 364 g/mol. The van der Waals surface area contributed by atoms with Crippen LogP contribution in [0.2, 0.25) is 0 Å². The molecule has 0 bridgehead atoms. The summed E-state index contributed by atoms with van der Waals surface area (Å²) in [5.74, 6) is 0.174. The zero-order chi connectivity index (χ0) is 18.7. The fraction of sp³-hybridized carbons (Fsp3) is 0.389. The minimum Gasteiger partial charge on any atom is -0.355 e. The van der Waals surface area contributed by atoms with E-state index in [2.05, 4.69) is 20.2 Å². The molecule has 1 saturated heterocycles. The first-order valence-corrected chi connectivity index (χ1v) is 8.42. The molecule has 2 aromatic heterocycles. The summed E-state index contributed by atoms with van der Waals surface area (Å²) >= 11 is 0. The topological polar surface area (TPSA) is 58.1 Å². The molecule has 0 unspecified atom stereocenters. The van der Waals surface area contributed by atoms with E-state index in [1.807, 2.05) is 0 Å². The summed E-state index contributed by atoms with van der Waals surface area (Å²) in [6, 6.07) is 5.41. The summed E-state index contributed by atoms with van der Waals surface area (Å²) in [4.78, 5) is 22.5. The number of anilines is 2. The van der Waals surface area contributed by atoms with E-state index >= 15 is 0 Å². The lowest BCUT2D eigenvalue weighted by atomic mass is 10.1. The molecular formula is C18H19F3N4O. The minimum absolute atomic E-state index is 0.0285. The Kier molecular flexibility index (Phi) is 5.11. The Morgan fingerprint density at radius 3 is 2.54 bits per heavy atom. The second-order valence-electron chi connectivity index (χ2n) is 6.20. The molecule has 2 aromatic rings. The van der Waals surface area contributed by atoms with Crippen molar-refractivity contribution in [3.63, 3.8) is 0 Å².